The molecule has 0 heterocycles. The van der Waals surface area contributed by atoms with E-state index in [1.807, 2.05) is 27.7 Å². The Balaban J connectivity index is 4.90. The van der Waals surface area contributed by atoms with Crippen molar-refractivity contribution >= 4 is 19.8 Å². The first kappa shape index (κ1) is 14.2. The van der Waals surface area contributed by atoms with Gasteiger partial charge in [-0.05, 0) is 5.75 Å². The fourth-order valence-electron chi connectivity index (χ4n) is 1.61. The minimum Gasteiger partial charge on any atom is -0.214 e. The van der Waals surface area contributed by atoms with Gasteiger partial charge in [0.1, 0.15) is 13.5 Å². The molecule has 0 aliphatic rings. The lowest BCUT2D eigenvalue weighted by molar-refractivity contribution is 0.600. The fraction of sp³-hybridized carbons (Fsp3) is 0.800. The molecule has 0 fully saturated rings. The van der Waals surface area contributed by atoms with Crippen molar-refractivity contribution in [1.82, 2.24) is 0 Å². The Labute approximate surface area is 91.2 Å². The summed E-state index contributed by atoms with van der Waals surface area (Å²) in [7, 11) is -2.10. The monoisotopic (exact) mass is 238 g/mol. The van der Waals surface area contributed by atoms with Crippen LogP contribution < -0.4 is 0 Å². The fourth-order valence-corrected chi connectivity index (χ4v) is 5.71. The Kier molecular flexibility index (Phi) is 6.69. The lowest BCUT2D eigenvalue weighted by atomic mass is 10.9. The highest BCUT2D eigenvalue weighted by molar-refractivity contribution is 8.02. The summed E-state index contributed by atoms with van der Waals surface area (Å²) in [5, 5.41) is -0.565. The van der Waals surface area contributed by atoms with E-state index in [0.29, 0.717) is 5.75 Å². The number of hydrogen-bond donors (Lipinski definition) is 0. The predicted molar refractivity (Wildman–Crippen MR) is 64.6 cm³/mol. The third-order valence-electron chi connectivity index (χ3n) is 2.94. The molecule has 0 bridgehead atoms. The third kappa shape index (κ3) is 3.09. The summed E-state index contributed by atoms with van der Waals surface area (Å²) in [6, 6.07) is 2.39. The van der Waals surface area contributed by atoms with E-state index in [0.717, 1.165) is 29.9 Å². The minimum absolute atomic E-state index is 0.406. The first-order valence-electron chi connectivity index (χ1n) is 5.26. The van der Waals surface area contributed by atoms with Crippen molar-refractivity contribution in [2.24, 2.45) is 0 Å². The molecule has 0 spiro atoms. The van der Waals surface area contributed by atoms with Gasteiger partial charge in [-0.2, -0.15) is 4.39 Å². The van der Waals surface area contributed by atoms with Crippen LogP contribution in [0.2, 0.25) is 18.1 Å². The Morgan fingerprint density at radius 2 is 1.43 bits per heavy atom. The van der Waals surface area contributed by atoms with Crippen LogP contribution in [0, 0.1) is 0 Å². The van der Waals surface area contributed by atoms with Crippen LogP contribution in [0.25, 0.3) is 0 Å². The van der Waals surface area contributed by atoms with Crippen LogP contribution in [0.1, 0.15) is 27.7 Å². The summed E-state index contributed by atoms with van der Waals surface area (Å²) < 4.78 is 27.2. The number of thioether (sulfide) groups is 1. The lowest BCUT2D eigenvalue weighted by Gasteiger charge is -2.25. The molecule has 0 saturated carbocycles. The lowest BCUT2D eigenvalue weighted by Crippen LogP contribution is -2.33. The van der Waals surface area contributed by atoms with Crippen LogP contribution in [0.15, 0.2) is 10.6 Å². The van der Waals surface area contributed by atoms with E-state index in [9.17, 15) is 8.78 Å². The van der Waals surface area contributed by atoms with Gasteiger partial charge in [0.15, 0.2) is 5.16 Å². The van der Waals surface area contributed by atoms with Gasteiger partial charge in [-0.15, -0.1) is 0 Å². The molecule has 0 nitrogen and oxygen atoms in total. The molecule has 0 aliphatic carbocycles. The number of halogens is 2. The summed E-state index contributed by atoms with van der Waals surface area (Å²) in [5.41, 5.74) is -0.406. The molecule has 0 radical (unpaired) electrons. The van der Waals surface area contributed by atoms with E-state index in [4.69, 9.17) is 0 Å². The van der Waals surface area contributed by atoms with Gasteiger partial charge >= 0.3 is 0 Å². The molecule has 0 N–H and O–H groups in total. The summed E-state index contributed by atoms with van der Waals surface area (Å²) >= 11 is 0.985. The first-order chi connectivity index (χ1) is 6.57. The number of hydrogen-bond acceptors (Lipinski definition) is 1. The molecule has 84 valence electrons. The van der Waals surface area contributed by atoms with E-state index >= 15 is 0 Å². The van der Waals surface area contributed by atoms with Crippen molar-refractivity contribution in [2.45, 2.75) is 45.8 Å². The molecule has 0 unspecified atom stereocenters. The number of rotatable bonds is 6. The van der Waals surface area contributed by atoms with Crippen LogP contribution in [-0.4, -0.2) is 13.8 Å². The standard InChI is InChI=1S/C10H20F2SSi/c1-5-13-9(11)10(12)14(6-2,7-3)8-4/h5-8H2,1-4H3/b10-9+. The molecule has 0 aliphatic heterocycles. The highest BCUT2D eigenvalue weighted by Gasteiger charge is 2.35. The second-order valence-electron chi connectivity index (χ2n) is 3.36. The second-order valence-corrected chi connectivity index (χ2v) is 9.71. The van der Waals surface area contributed by atoms with E-state index in [1.54, 1.807) is 0 Å². The van der Waals surface area contributed by atoms with Crippen LogP contribution >= 0.6 is 11.8 Å². The Bertz CT molecular complexity index is 192. The van der Waals surface area contributed by atoms with Crippen molar-refractivity contribution in [1.29, 1.82) is 0 Å². The van der Waals surface area contributed by atoms with Gasteiger partial charge in [-0.3, -0.25) is 0 Å². The Morgan fingerprint density at radius 1 is 1.00 bits per heavy atom. The van der Waals surface area contributed by atoms with Gasteiger partial charge < -0.3 is 0 Å². The predicted octanol–water partition coefficient (Wildman–Crippen LogP) is 4.90. The zero-order valence-electron chi connectivity index (χ0n) is 9.49. The van der Waals surface area contributed by atoms with Gasteiger partial charge in [0.2, 0.25) is 0 Å². The Hall–Kier alpha value is 0.167. The van der Waals surface area contributed by atoms with E-state index < -0.39 is 18.7 Å². The van der Waals surface area contributed by atoms with Crippen molar-refractivity contribution in [3.63, 3.8) is 0 Å². The van der Waals surface area contributed by atoms with Crippen molar-refractivity contribution in [3.8, 4) is 0 Å². The summed E-state index contributed by atoms with van der Waals surface area (Å²) in [4.78, 5) is 0. The van der Waals surface area contributed by atoms with Crippen molar-refractivity contribution in [2.75, 3.05) is 5.75 Å². The van der Waals surface area contributed by atoms with Crippen LogP contribution in [0.4, 0.5) is 8.78 Å². The Morgan fingerprint density at radius 3 is 1.71 bits per heavy atom. The van der Waals surface area contributed by atoms with Crippen LogP contribution in [-0.2, 0) is 0 Å². The molecule has 0 saturated heterocycles. The van der Waals surface area contributed by atoms with Gasteiger partial charge in [0.05, 0.1) is 0 Å². The quantitative estimate of drug-likeness (QED) is 0.593. The van der Waals surface area contributed by atoms with Gasteiger partial charge in [0.25, 0.3) is 0 Å². The highest BCUT2D eigenvalue weighted by Crippen LogP contribution is 2.35. The van der Waals surface area contributed by atoms with Gasteiger partial charge in [-0.25, -0.2) is 4.39 Å². The maximum atomic E-state index is 13.8. The molecule has 0 atom stereocenters. The molecule has 14 heavy (non-hydrogen) atoms. The first-order valence-corrected chi connectivity index (χ1v) is 8.87. The highest BCUT2D eigenvalue weighted by atomic mass is 32.2. The van der Waals surface area contributed by atoms with Crippen LogP contribution in [0.5, 0.6) is 0 Å². The van der Waals surface area contributed by atoms with Gasteiger partial charge in [-0.1, -0.05) is 57.6 Å². The summed E-state index contributed by atoms with van der Waals surface area (Å²) in [5.74, 6) is 0.598. The van der Waals surface area contributed by atoms with Crippen molar-refractivity contribution in [3.05, 3.63) is 10.6 Å². The maximum Gasteiger partial charge on any atom is 0.183 e. The zero-order chi connectivity index (χ0) is 11.2. The molecule has 4 heteroatoms. The van der Waals surface area contributed by atoms with E-state index in [1.165, 1.54) is 0 Å². The van der Waals surface area contributed by atoms with Crippen molar-refractivity contribution < 1.29 is 8.78 Å². The van der Waals surface area contributed by atoms with Crippen LogP contribution in [0.3, 0.4) is 0 Å². The zero-order valence-corrected chi connectivity index (χ0v) is 11.3. The third-order valence-corrected chi connectivity index (χ3v) is 9.05. The largest absolute Gasteiger partial charge is 0.214 e. The average Bonchev–Trinajstić information content (AvgIpc) is 2.21. The van der Waals surface area contributed by atoms with Gasteiger partial charge in [0, 0.05) is 0 Å². The molecular weight excluding hydrogens is 218 g/mol. The maximum absolute atomic E-state index is 13.8. The molecule has 0 rings (SSSR count). The normalized spacial score (nSPS) is 14.1. The SMILES string of the molecule is CCS/C(F)=C(\F)[Si](CC)(CC)CC. The smallest absolute Gasteiger partial charge is 0.183 e. The topological polar surface area (TPSA) is 0 Å². The summed E-state index contributed by atoms with van der Waals surface area (Å²) in [6.07, 6.45) is 0. The molecule has 0 aromatic carbocycles. The average molecular weight is 238 g/mol. The molecular formula is C10H20F2SSi. The molecule has 0 aromatic rings. The molecule has 0 aromatic heterocycles. The molecule has 0 amide bonds. The minimum atomic E-state index is -2.10. The van der Waals surface area contributed by atoms with E-state index in [2.05, 4.69) is 0 Å². The second kappa shape index (κ2) is 6.61. The summed E-state index contributed by atoms with van der Waals surface area (Å²) in [6.45, 7) is 7.76. The van der Waals surface area contributed by atoms with E-state index in [-0.39, 0.29) is 0 Å².